The van der Waals surface area contributed by atoms with Crippen molar-refractivity contribution in [2.75, 3.05) is 33.2 Å². The third-order valence-electron chi connectivity index (χ3n) is 4.84. The van der Waals surface area contributed by atoms with E-state index >= 15 is 0 Å². The Hall–Kier alpha value is -0.780. The molecule has 1 aliphatic heterocycles. The Balaban J connectivity index is 2.07. The van der Waals surface area contributed by atoms with Gasteiger partial charge in [0.05, 0.1) is 0 Å². The Morgan fingerprint density at radius 2 is 1.50 bits per heavy atom. The Morgan fingerprint density at radius 3 is 2.00 bits per heavy atom. The Bertz CT molecular complexity index is 550. The van der Waals surface area contributed by atoms with E-state index in [2.05, 4.69) is 30.7 Å². The van der Waals surface area contributed by atoms with Crippen molar-refractivity contribution in [2.45, 2.75) is 33.4 Å². The molecule has 0 aromatic heterocycles. The molecule has 1 N–H and O–H groups in total. The lowest BCUT2D eigenvalue weighted by atomic mass is 9.94. The van der Waals surface area contributed by atoms with Crippen LogP contribution in [0.2, 0.25) is 0 Å². The first-order valence-corrected chi connectivity index (χ1v) is 9.10. The number of rotatable bonds is 2. The molecule has 22 heavy (non-hydrogen) atoms. The summed E-state index contributed by atoms with van der Waals surface area (Å²) in [5.41, 5.74) is 5.67. The maximum absolute atomic E-state index is 10.2. The number of piperazine rings is 1. The minimum atomic E-state index is 0.436. The quantitative estimate of drug-likeness (QED) is 0.834. The highest BCUT2D eigenvalue weighted by Crippen LogP contribution is 2.33. The van der Waals surface area contributed by atoms with Gasteiger partial charge in [-0.25, -0.2) is 0 Å². The van der Waals surface area contributed by atoms with Crippen LogP contribution in [-0.4, -0.2) is 52.5 Å². The van der Waals surface area contributed by atoms with Crippen LogP contribution in [0.25, 0.3) is 0 Å². The highest BCUT2D eigenvalue weighted by Gasteiger charge is 2.19. The summed E-state index contributed by atoms with van der Waals surface area (Å²) in [6.07, 6.45) is 0. The first kappa shape index (κ1) is 17.6. The zero-order chi connectivity index (χ0) is 16.4. The summed E-state index contributed by atoms with van der Waals surface area (Å²) in [6.45, 7) is 12.4. The van der Waals surface area contributed by atoms with Crippen LogP contribution in [0, 0.1) is 27.7 Å². The molecule has 1 aliphatic rings. The van der Waals surface area contributed by atoms with Gasteiger partial charge in [-0.3, -0.25) is 0 Å². The lowest BCUT2D eigenvalue weighted by molar-refractivity contribution is 0.220. The molecule has 0 spiro atoms. The molecule has 1 fully saturated rings. The van der Waals surface area contributed by atoms with Crippen molar-refractivity contribution in [3.63, 3.8) is 0 Å². The van der Waals surface area contributed by atoms with Gasteiger partial charge in [0.2, 0.25) is 0 Å². The molecule has 3 nitrogen and oxygen atoms in total. The summed E-state index contributed by atoms with van der Waals surface area (Å²) in [5.74, 6) is 1.32. The molecule has 0 amide bonds. The van der Waals surface area contributed by atoms with Crippen LogP contribution < -0.4 is 0 Å². The topological polar surface area (TPSA) is 26.7 Å². The van der Waals surface area contributed by atoms with Crippen LogP contribution in [0.15, 0.2) is 0 Å². The van der Waals surface area contributed by atoms with Crippen molar-refractivity contribution >= 4 is 28.3 Å². The number of aromatic hydroxyl groups is 1. The summed E-state index contributed by atoms with van der Waals surface area (Å²) in [7, 11) is 2.16. The van der Waals surface area contributed by atoms with E-state index in [1.165, 1.54) is 16.7 Å². The number of thiocarbonyl (C=S) groups is 1. The fraction of sp³-hybridized carbons (Fsp3) is 0.588. The van der Waals surface area contributed by atoms with Crippen molar-refractivity contribution in [1.29, 1.82) is 0 Å². The first-order valence-electron chi connectivity index (χ1n) is 7.71. The third-order valence-corrected chi connectivity index (χ3v) is 6.39. The van der Waals surface area contributed by atoms with Gasteiger partial charge in [-0.1, -0.05) is 24.0 Å². The van der Waals surface area contributed by atoms with Gasteiger partial charge in [0.1, 0.15) is 10.1 Å². The van der Waals surface area contributed by atoms with Crippen molar-refractivity contribution < 1.29 is 5.11 Å². The monoisotopic (exact) mass is 338 g/mol. The second-order valence-corrected chi connectivity index (χ2v) is 7.78. The third kappa shape index (κ3) is 3.58. The summed E-state index contributed by atoms with van der Waals surface area (Å²) < 4.78 is 0.996. The van der Waals surface area contributed by atoms with Crippen LogP contribution in [0.4, 0.5) is 0 Å². The van der Waals surface area contributed by atoms with E-state index in [-0.39, 0.29) is 0 Å². The number of phenolic OH excluding ortho intramolecular Hbond substituents is 1. The van der Waals surface area contributed by atoms with Gasteiger partial charge < -0.3 is 14.9 Å². The smallest absolute Gasteiger partial charge is 0.136 e. The second-order valence-electron chi connectivity index (χ2n) is 6.17. The zero-order valence-electron chi connectivity index (χ0n) is 14.2. The number of hydrogen-bond acceptors (Lipinski definition) is 4. The standard InChI is InChI=1S/C17H26N2OS2/c1-11-13(3)16(20)14(4)12(2)15(11)10-22-17(21)19-8-6-18(5)7-9-19/h20H,6-10H2,1-5H3. The molecule has 1 heterocycles. The van der Waals surface area contributed by atoms with E-state index in [1.807, 2.05) is 13.8 Å². The molecule has 0 bridgehead atoms. The van der Waals surface area contributed by atoms with Crippen molar-refractivity contribution in [3.05, 3.63) is 27.8 Å². The summed E-state index contributed by atoms with van der Waals surface area (Å²) >= 11 is 7.36. The first-order chi connectivity index (χ1) is 10.3. The van der Waals surface area contributed by atoms with E-state index in [9.17, 15) is 5.11 Å². The number of benzene rings is 1. The predicted octanol–water partition coefficient (Wildman–Crippen LogP) is 3.39. The van der Waals surface area contributed by atoms with E-state index < -0.39 is 0 Å². The van der Waals surface area contributed by atoms with Crippen molar-refractivity contribution in [2.24, 2.45) is 0 Å². The molecule has 5 heteroatoms. The maximum atomic E-state index is 10.2. The molecule has 0 unspecified atom stereocenters. The molecule has 1 aromatic carbocycles. The fourth-order valence-electron chi connectivity index (χ4n) is 2.80. The lowest BCUT2D eigenvalue weighted by Gasteiger charge is -2.33. The van der Waals surface area contributed by atoms with Crippen LogP contribution in [-0.2, 0) is 5.75 Å². The molecule has 0 saturated carbocycles. The molecule has 1 aromatic rings. The molecule has 2 rings (SSSR count). The lowest BCUT2D eigenvalue weighted by Crippen LogP contribution is -2.45. The van der Waals surface area contributed by atoms with E-state index in [4.69, 9.17) is 12.2 Å². The molecule has 0 radical (unpaired) electrons. The van der Waals surface area contributed by atoms with Gasteiger partial charge in [-0.05, 0) is 62.6 Å². The normalized spacial score (nSPS) is 16.1. The van der Waals surface area contributed by atoms with Crippen LogP contribution in [0.5, 0.6) is 5.75 Å². The van der Waals surface area contributed by atoms with Gasteiger partial charge >= 0.3 is 0 Å². The van der Waals surface area contributed by atoms with Gasteiger partial charge in [-0.2, -0.15) is 0 Å². The number of phenols is 1. The van der Waals surface area contributed by atoms with Gasteiger partial charge in [0.15, 0.2) is 0 Å². The summed E-state index contributed by atoms with van der Waals surface area (Å²) in [4.78, 5) is 4.65. The minimum Gasteiger partial charge on any atom is -0.507 e. The number of likely N-dealkylation sites (N-methyl/N-ethyl adjacent to an activating group) is 1. The molecule has 122 valence electrons. The summed E-state index contributed by atoms with van der Waals surface area (Å²) in [5, 5.41) is 10.2. The van der Waals surface area contributed by atoms with Crippen LogP contribution >= 0.6 is 24.0 Å². The molecule has 0 aliphatic carbocycles. The van der Waals surface area contributed by atoms with Crippen molar-refractivity contribution in [1.82, 2.24) is 9.80 Å². The second kappa shape index (κ2) is 7.20. The van der Waals surface area contributed by atoms with Gasteiger partial charge in [0.25, 0.3) is 0 Å². The molecule has 1 saturated heterocycles. The Kier molecular flexibility index (Phi) is 5.75. The van der Waals surface area contributed by atoms with Crippen molar-refractivity contribution in [3.8, 4) is 5.75 Å². The Morgan fingerprint density at radius 1 is 1.00 bits per heavy atom. The number of thioether (sulfide) groups is 1. The average Bonchev–Trinajstić information content (AvgIpc) is 2.51. The Labute approximate surface area is 143 Å². The molecular formula is C17H26N2OS2. The van der Waals surface area contributed by atoms with Gasteiger partial charge in [-0.15, -0.1) is 0 Å². The van der Waals surface area contributed by atoms with Crippen LogP contribution in [0.3, 0.4) is 0 Å². The zero-order valence-corrected chi connectivity index (χ0v) is 15.8. The summed E-state index contributed by atoms with van der Waals surface area (Å²) in [6, 6.07) is 0. The molecular weight excluding hydrogens is 312 g/mol. The largest absolute Gasteiger partial charge is 0.507 e. The maximum Gasteiger partial charge on any atom is 0.136 e. The van der Waals surface area contributed by atoms with E-state index in [0.717, 1.165) is 47.4 Å². The van der Waals surface area contributed by atoms with Crippen LogP contribution in [0.1, 0.15) is 27.8 Å². The predicted molar refractivity (Wildman–Crippen MR) is 100 cm³/mol. The fourth-order valence-corrected chi connectivity index (χ4v) is 4.23. The van der Waals surface area contributed by atoms with E-state index in [1.54, 1.807) is 11.8 Å². The number of hydrogen-bond donors (Lipinski definition) is 1. The number of nitrogens with zero attached hydrogens (tertiary/aromatic N) is 2. The average molecular weight is 339 g/mol. The molecule has 0 atom stereocenters. The van der Waals surface area contributed by atoms with E-state index in [0.29, 0.717) is 5.75 Å². The SMILES string of the molecule is Cc1c(C)c(CSC(=S)N2CCN(C)CC2)c(C)c(C)c1O. The van der Waals surface area contributed by atoms with Gasteiger partial charge in [0, 0.05) is 31.9 Å². The highest BCUT2D eigenvalue weighted by molar-refractivity contribution is 8.22. The minimum absolute atomic E-state index is 0.436. The highest BCUT2D eigenvalue weighted by atomic mass is 32.2.